The summed E-state index contributed by atoms with van der Waals surface area (Å²) in [6.07, 6.45) is 0. The maximum absolute atomic E-state index is 5.32. The Balaban J connectivity index is 1.83. The Morgan fingerprint density at radius 1 is 1.17 bits per heavy atom. The molecule has 0 radical (unpaired) electrons. The van der Waals surface area contributed by atoms with E-state index in [1.165, 1.54) is 11.3 Å². The Labute approximate surface area is 143 Å². The summed E-state index contributed by atoms with van der Waals surface area (Å²) in [6.45, 7) is 5.45. The Hall–Kier alpha value is -2.50. The van der Waals surface area contributed by atoms with Gasteiger partial charge in [0.1, 0.15) is 0 Å². The van der Waals surface area contributed by atoms with Gasteiger partial charge in [-0.05, 0) is 23.6 Å². The van der Waals surface area contributed by atoms with Gasteiger partial charge >= 0.3 is 0 Å². The van der Waals surface area contributed by atoms with Gasteiger partial charge in [-0.3, -0.25) is 4.99 Å². The largest absolute Gasteiger partial charge is 0.378 e. The van der Waals surface area contributed by atoms with Gasteiger partial charge in [0.05, 0.1) is 12.2 Å². The van der Waals surface area contributed by atoms with E-state index in [9.17, 15) is 0 Å². The minimum Gasteiger partial charge on any atom is -0.378 e. The predicted octanol–water partition coefficient (Wildman–Crippen LogP) is 2.73. The van der Waals surface area contributed by atoms with E-state index < -0.39 is 0 Å². The zero-order valence-corrected chi connectivity index (χ0v) is 15.1. The third-order valence-electron chi connectivity index (χ3n) is 3.74. The number of aromatic nitrogens is 1. The molecular weight excluding hydrogens is 302 g/mol. The van der Waals surface area contributed by atoms with Crippen molar-refractivity contribution in [3.8, 4) is 0 Å². The molecule has 0 saturated carbocycles. The van der Waals surface area contributed by atoms with Gasteiger partial charge in [-0.2, -0.15) is 0 Å². The molecule has 0 bridgehead atoms. The smallest absolute Gasteiger partial charge is 0.191 e. The summed E-state index contributed by atoms with van der Waals surface area (Å²) in [5.41, 5.74) is 3.36. The topological polar surface area (TPSA) is 65.7 Å². The van der Waals surface area contributed by atoms with Crippen molar-refractivity contribution in [2.75, 3.05) is 26.0 Å². The van der Waals surface area contributed by atoms with E-state index in [2.05, 4.69) is 63.8 Å². The molecule has 2 rings (SSSR count). The van der Waals surface area contributed by atoms with E-state index >= 15 is 0 Å². The van der Waals surface area contributed by atoms with Crippen molar-refractivity contribution < 1.29 is 4.52 Å². The summed E-state index contributed by atoms with van der Waals surface area (Å²) in [5.74, 6) is 1.90. The van der Waals surface area contributed by atoms with E-state index in [4.69, 9.17) is 4.52 Å². The lowest BCUT2D eigenvalue weighted by Gasteiger charge is -2.14. The molecule has 0 unspecified atom stereocenters. The fraction of sp³-hybridized carbons (Fsp3) is 0.444. The zero-order chi connectivity index (χ0) is 17.5. The molecule has 0 aliphatic carbocycles. The molecule has 0 aliphatic rings. The second-order valence-corrected chi connectivity index (χ2v) is 6.21. The normalized spacial score (nSPS) is 11.7. The van der Waals surface area contributed by atoms with Crippen LogP contribution in [-0.2, 0) is 13.1 Å². The first-order valence-electron chi connectivity index (χ1n) is 8.16. The van der Waals surface area contributed by atoms with Crippen LogP contribution in [0.5, 0.6) is 0 Å². The standard InChI is InChI=1S/C18H27N5O/c1-13(2)17-10-16(24-22-17)12-21-18(19-3)20-11-14-6-8-15(9-7-14)23(4)5/h6-10,13H,11-12H2,1-5H3,(H2,19,20,21). The van der Waals surface area contributed by atoms with Gasteiger partial charge in [0.25, 0.3) is 0 Å². The third kappa shape index (κ3) is 5.01. The second kappa shape index (κ2) is 8.38. The van der Waals surface area contributed by atoms with Gasteiger partial charge in [-0.1, -0.05) is 31.1 Å². The molecule has 0 spiro atoms. The van der Waals surface area contributed by atoms with Crippen molar-refractivity contribution in [1.82, 2.24) is 15.8 Å². The SMILES string of the molecule is CN=C(NCc1ccc(N(C)C)cc1)NCc1cc(C(C)C)no1. The molecule has 0 saturated heterocycles. The Morgan fingerprint density at radius 2 is 1.83 bits per heavy atom. The molecule has 24 heavy (non-hydrogen) atoms. The number of guanidine groups is 1. The average molecular weight is 329 g/mol. The van der Waals surface area contributed by atoms with E-state index in [-0.39, 0.29) is 0 Å². The molecule has 2 aromatic rings. The third-order valence-corrected chi connectivity index (χ3v) is 3.74. The second-order valence-electron chi connectivity index (χ2n) is 6.21. The van der Waals surface area contributed by atoms with Gasteiger partial charge in [-0.15, -0.1) is 0 Å². The van der Waals surface area contributed by atoms with E-state index in [1.807, 2.05) is 20.2 Å². The van der Waals surface area contributed by atoms with Crippen molar-refractivity contribution in [1.29, 1.82) is 0 Å². The van der Waals surface area contributed by atoms with Crippen LogP contribution in [0, 0.1) is 0 Å². The van der Waals surface area contributed by atoms with Crippen LogP contribution >= 0.6 is 0 Å². The molecular formula is C18H27N5O. The molecule has 1 heterocycles. The van der Waals surface area contributed by atoms with Gasteiger partial charge in [0, 0.05) is 39.4 Å². The average Bonchev–Trinajstić information content (AvgIpc) is 3.04. The van der Waals surface area contributed by atoms with Crippen LogP contribution in [0.15, 0.2) is 39.8 Å². The summed E-state index contributed by atoms with van der Waals surface area (Å²) in [5, 5.41) is 10.6. The highest BCUT2D eigenvalue weighted by Crippen LogP contribution is 2.14. The maximum Gasteiger partial charge on any atom is 0.191 e. The molecule has 6 nitrogen and oxygen atoms in total. The van der Waals surface area contributed by atoms with E-state index in [0.29, 0.717) is 19.0 Å². The predicted molar refractivity (Wildman–Crippen MR) is 98.4 cm³/mol. The van der Waals surface area contributed by atoms with Crippen LogP contribution in [0.25, 0.3) is 0 Å². The van der Waals surface area contributed by atoms with Crippen molar-refractivity contribution in [2.45, 2.75) is 32.9 Å². The number of anilines is 1. The Bertz CT molecular complexity index is 658. The number of benzene rings is 1. The fourth-order valence-electron chi connectivity index (χ4n) is 2.17. The summed E-state index contributed by atoms with van der Waals surface area (Å²) in [7, 11) is 5.82. The summed E-state index contributed by atoms with van der Waals surface area (Å²) >= 11 is 0. The number of hydrogen-bond acceptors (Lipinski definition) is 4. The molecule has 0 atom stereocenters. The lowest BCUT2D eigenvalue weighted by atomic mass is 10.1. The van der Waals surface area contributed by atoms with Crippen LogP contribution in [0.3, 0.4) is 0 Å². The Morgan fingerprint density at radius 3 is 2.38 bits per heavy atom. The van der Waals surface area contributed by atoms with E-state index in [0.717, 1.165) is 17.4 Å². The number of rotatable bonds is 6. The van der Waals surface area contributed by atoms with Crippen LogP contribution in [0.4, 0.5) is 5.69 Å². The van der Waals surface area contributed by atoms with E-state index in [1.54, 1.807) is 7.05 Å². The molecule has 0 aliphatic heterocycles. The summed E-state index contributed by atoms with van der Waals surface area (Å²) < 4.78 is 5.32. The first kappa shape index (κ1) is 17.8. The molecule has 130 valence electrons. The van der Waals surface area contributed by atoms with Crippen molar-refractivity contribution in [3.63, 3.8) is 0 Å². The summed E-state index contributed by atoms with van der Waals surface area (Å²) in [6, 6.07) is 10.4. The Kier molecular flexibility index (Phi) is 6.23. The molecule has 6 heteroatoms. The van der Waals surface area contributed by atoms with Crippen molar-refractivity contribution in [2.24, 2.45) is 4.99 Å². The quantitative estimate of drug-likeness (QED) is 0.630. The van der Waals surface area contributed by atoms with Crippen molar-refractivity contribution >= 4 is 11.6 Å². The van der Waals surface area contributed by atoms with Crippen LogP contribution in [0.1, 0.15) is 36.8 Å². The van der Waals surface area contributed by atoms with Gasteiger partial charge in [0.15, 0.2) is 11.7 Å². The molecule has 1 aromatic heterocycles. The lowest BCUT2D eigenvalue weighted by Crippen LogP contribution is -2.36. The number of hydrogen-bond donors (Lipinski definition) is 2. The first-order valence-corrected chi connectivity index (χ1v) is 8.16. The van der Waals surface area contributed by atoms with Crippen LogP contribution in [-0.4, -0.2) is 32.3 Å². The van der Waals surface area contributed by atoms with Crippen LogP contribution < -0.4 is 15.5 Å². The number of nitrogens with zero attached hydrogens (tertiary/aromatic N) is 3. The molecule has 0 fully saturated rings. The maximum atomic E-state index is 5.32. The molecule has 2 N–H and O–H groups in total. The number of nitrogens with one attached hydrogen (secondary N) is 2. The number of aliphatic imine (C=N–C) groups is 1. The van der Waals surface area contributed by atoms with Crippen molar-refractivity contribution in [3.05, 3.63) is 47.3 Å². The first-order chi connectivity index (χ1) is 11.5. The lowest BCUT2D eigenvalue weighted by molar-refractivity contribution is 0.372. The van der Waals surface area contributed by atoms with Gasteiger partial charge < -0.3 is 20.1 Å². The molecule has 0 amide bonds. The monoisotopic (exact) mass is 329 g/mol. The molecule has 1 aromatic carbocycles. The van der Waals surface area contributed by atoms with Crippen LogP contribution in [0.2, 0.25) is 0 Å². The van der Waals surface area contributed by atoms with Gasteiger partial charge in [0.2, 0.25) is 0 Å². The highest BCUT2D eigenvalue weighted by atomic mass is 16.5. The highest BCUT2D eigenvalue weighted by Gasteiger charge is 2.08. The zero-order valence-electron chi connectivity index (χ0n) is 15.1. The van der Waals surface area contributed by atoms with Gasteiger partial charge in [-0.25, -0.2) is 0 Å². The summed E-state index contributed by atoms with van der Waals surface area (Å²) in [4.78, 5) is 6.31. The fourth-order valence-corrected chi connectivity index (χ4v) is 2.17. The minimum atomic E-state index is 0.366. The minimum absolute atomic E-state index is 0.366. The highest BCUT2D eigenvalue weighted by molar-refractivity contribution is 5.79.